The van der Waals surface area contributed by atoms with Gasteiger partial charge in [-0.2, -0.15) is 0 Å². The van der Waals surface area contributed by atoms with Gasteiger partial charge in [0, 0.05) is 32.4 Å². The molecular formula is C20H27N3O2. The molecule has 1 fully saturated rings. The van der Waals surface area contributed by atoms with E-state index in [0.717, 1.165) is 49.1 Å². The van der Waals surface area contributed by atoms with Gasteiger partial charge in [0.25, 0.3) is 0 Å². The molecule has 0 amide bonds. The molecule has 134 valence electrons. The number of pyridine rings is 1. The number of methoxy groups -OCH3 is 2. The van der Waals surface area contributed by atoms with E-state index in [4.69, 9.17) is 9.47 Å². The predicted octanol–water partition coefficient (Wildman–Crippen LogP) is 3.38. The van der Waals surface area contributed by atoms with Crippen molar-refractivity contribution in [3.8, 4) is 11.5 Å². The highest BCUT2D eigenvalue weighted by Crippen LogP contribution is 2.27. The van der Waals surface area contributed by atoms with Crippen molar-refractivity contribution in [1.82, 2.24) is 10.3 Å². The Balaban J connectivity index is 1.52. The minimum Gasteiger partial charge on any atom is -0.493 e. The number of piperidine rings is 1. The number of anilines is 1. The monoisotopic (exact) mass is 341 g/mol. The second-order valence-corrected chi connectivity index (χ2v) is 6.37. The molecule has 1 aliphatic heterocycles. The summed E-state index contributed by atoms with van der Waals surface area (Å²) < 4.78 is 10.6. The summed E-state index contributed by atoms with van der Waals surface area (Å²) in [5.41, 5.74) is 2.36. The van der Waals surface area contributed by atoms with Gasteiger partial charge in [0.15, 0.2) is 11.5 Å². The van der Waals surface area contributed by atoms with Crippen LogP contribution in [-0.2, 0) is 13.1 Å². The molecule has 2 heterocycles. The summed E-state index contributed by atoms with van der Waals surface area (Å²) in [7, 11) is 3.31. The molecule has 0 radical (unpaired) electrons. The van der Waals surface area contributed by atoms with Crippen LogP contribution in [0.4, 0.5) is 5.82 Å². The van der Waals surface area contributed by atoms with Crippen molar-refractivity contribution in [2.75, 3.05) is 32.2 Å². The van der Waals surface area contributed by atoms with Crippen LogP contribution in [0.15, 0.2) is 36.5 Å². The quantitative estimate of drug-likeness (QED) is 0.836. The van der Waals surface area contributed by atoms with Crippen molar-refractivity contribution in [3.05, 3.63) is 47.7 Å². The number of benzene rings is 1. The lowest BCUT2D eigenvalue weighted by Crippen LogP contribution is -2.30. The Bertz CT molecular complexity index is 667. The van der Waals surface area contributed by atoms with Gasteiger partial charge in [0.05, 0.1) is 14.2 Å². The largest absolute Gasteiger partial charge is 0.493 e. The topological polar surface area (TPSA) is 46.6 Å². The fourth-order valence-electron chi connectivity index (χ4n) is 3.17. The fourth-order valence-corrected chi connectivity index (χ4v) is 3.17. The SMILES string of the molecule is COc1ccc(CNCc2ccc(N3CCCCC3)nc2)cc1OC. The maximum absolute atomic E-state index is 5.34. The summed E-state index contributed by atoms with van der Waals surface area (Å²) in [5.74, 6) is 2.61. The average Bonchev–Trinajstić information content (AvgIpc) is 2.69. The summed E-state index contributed by atoms with van der Waals surface area (Å²) in [6.45, 7) is 3.82. The molecule has 1 saturated heterocycles. The zero-order valence-corrected chi connectivity index (χ0v) is 15.1. The van der Waals surface area contributed by atoms with E-state index in [2.05, 4.69) is 27.3 Å². The lowest BCUT2D eigenvalue weighted by atomic mass is 10.1. The molecule has 0 atom stereocenters. The van der Waals surface area contributed by atoms with Gasteiger partial charge < -0.3 is 19.7 Å². The number of ether oxygens (including phenoxy) is 2. The summed E-state index contributed by atoms with van der Waals surface area (Å²) in [6.07, 6.45) is 5.87. The van der Waals surface area contributed by atoms with E-state index in [9.17, 15) is 0 Å². The zero-order chi connectivity index (χ0) is 17.5. The third-order valence-corrected chi connectivity index (χ3v) is 4.60. The minimum atomic E-state index is 0.753. The van der Waals surface area contributed by atoms with Gasteiger partial charge in [0.1, 0.15) is 5.82 Å². The molecule has 25 heavy (non-hydrogen) atoms. The predicted molar refractivity (Wildman–Crippen MR) is 100 cm³/mol. The Morgan fingerprint density at radius 2 is 1.64 bits per heavy atom. The Morgan fingerprint density at radius 3 is 2.32 bits per heavy atom. The molecule has 1 aromatic heterocycles. The molecule has 0 spiro atoms. The van der Waals surface area contributed by atoms with Crippen molar-refractivity contribution < 1.29 is 9.47 Å². The first-order chi connectivity index (χ1) is 12.3. The third-order valence-electron chi connectivity index (χ3n) is 4.60. The number of hydrogen-bond acceptors (Lipinski definition) is 5. The molecular weight excluding hydrogens is 314 g/mol. The number of nitrogens with zero attached hydrogens (tertiary/aromatic N) is 2. The molecule has 1 aromatic carbocycles. The molecule has 0 saturated carbocycles. The van der Waals surface area contributed by atoms with Crippen LogP contribution in [-0.4, -0.2) is 32.3 Å². The lowest BCUT2D eigenvalue weighted by molar-refractivity contribution is 0.354. The minimum absolute atomic E-state index is 0.753. The van der Waals surface area contributed by atoms with Crippen LogP contribution in [0.3, 0.4) is 0 Å². The molecule has 0 bridgehead atoms. The second-order valence-electron chi connectivity index (χ2n) is 6.37. The average molecular weight is 341 g/mol. The van der Waals surface area contributed by atoms with Crippen molar-refractivity contribution in [1.29, 1.82) is 0 Å². The molecule has 5 nitrogen and oxygen atoms in total. The number of aromatic nitrogens is 1. The highest BCUT2D eigenvalue weighted by Gasteiger charge is 2.11. The van der Waals surface area contributed by atoms with Crippen LogP contribution in [0.5, 0.6) is 11.5 Å². The van der Waals surface area contributed by atoms with Crippen LogP contribution in [0.2, 0.25) is 0 Å². The summed E-state index contributed by atoms with van der Waals surface area (Å²) in [6, 6.07) is 10.3. The van der Waals surface area contributed by atoms with Gasteiger partial charge in [-0.05, 0) is 48.6 Å². The maximum Gasteiger partial charge on any atom is 0.161 e. The summed E-state index contributed by atoms with van der Waals surface area (Å²) >= 11 is 0. The summed E-state index contributed by atoms with van der Waals surface area (Å²) in [5, 5.41) is 3.46. The van der Waals surface area contributed by atoms with Crippen LogP contribution in [0.25, 0.3) is 0 Å². The number of nitrogens with one attached hydrogen (secondary N) is 1. The third kappa shape index (κ3) is 4.63. The highest BCUT2D eigenvalue weighted by atomic mass is 16.5. The Labute approximate surface area is 150 Å². The van der Waals surface area contributed by atoms with E-state index in [1.807, 2.05) is 24.4 Å². The molecule has 1 N–H and O–H groups in total. The molecule has 5 heteroatoms. The molecule has 0 aliphatic carbocycles. The van der Waals surface area contributed by atoms with E-state index in [0.29, 0.717) is 0 Å². The van der Waals surface area contributed by atoms with Crippen LogP contribution in [0, 0.1) is 0 Å². The van der Waals surface area contributed by atoms with Crippen molar-refractivity contribution >= 4 is 5.82 Å². The Kier molecular flexibility index (Phi) is 6.12. The standard InChI is InChI=1S/C20H27N3O2/c1-24-18-8-6-16(12-19(18)25-2)13-21-14-17-7-9-20(22-15-17)23-10-4-3-5-11-23/h6-9,12,15,21H,3-5,10-11,13-14H2,1-2H3. The Morgan fingerprint density at radius 1 is 0.920 bits per heavy atom. The van der Waals surface area contributed by atoms with Crippen molar-refractivity contribution in [2.24, 2.45) is 0 Å². The normalized spacial score (nSPS) is 14.4. The smallest absolute Gasteiger partial charge is 0.161 e. The number of rotatable bonds is 7. The maximum atomic E-state index is 5.34. The van der Waals surface area contributed by atoms with Gasteiger partial charge in [-0.3, -0.25) is 0 Å². The summed E-state index contributed by atoms with van der Waals surface area (Å²) in [4.78, 5) is 7.01. The number of hydrogen-bond donors (Lipinski definition) is 1. The lowest BCUT2D eigenvalue weighted by Gasteiger charge is -2.27. The van der Waals surface area contributed by atoms with Crippen LogP contribution in [0.1, 0.15) is 30.4 Å². The van der Waals surface area contributed by atoms with Gasteiger partial charge in [-0.1, -0.05) is 12.1 Å². The van der Waals surface area contributed by atoms with Crippen molar-refractivity contribution in [2.45, 2.75) is 32.4 Å². The first kappa shape index (κ1) is 17.5. The van der Waals surface area contributed by atoms with E-state index < -0.39 is 0 Å². The van der Waals surface area contributed by atoms with Crippen LogP contribution >= 0.6 is 0 Å². The molecule has 0 unspecified atom stereocenters. The first-order valence-electron chi connectivity index (χ1n) is 8.91. The second kappa shape index (κ2) is 8.72. The Hall–Kier alpha value is -2.27. The van der Waals surface area contributed by atoms with E-state index in [1.54, 1.807) is 14.2 Å². The van der Waals surface area contributed by atoms with Crippen LogP contribution < -0.4 is 19.7 Å². The van der Waals surface area contributed by atoms with Gasteiger partial charge in [0.2, 0.25) is 0 Å². The molecule has 2 aromatic rings. The van der Waals surface area contributed by atoms with E-state index >= 15 is 0 Å². The van der Waals surface area contributed by atoms with Gasteiger partial charge in [-0.25, -0.2) is 4.98 Å². The van der Waals surface area contributed by atoms with Crippen molar-refractivity contribution in [3.63, 3.8) is 0 Å². The van der Waals surface area contributed by atoms with E-state index in [-0.39, 0.29) is 0 Å². The van der Waals surface area contributed by atoms with Gasteiger partial charge in [-0.15, -0.1) is 0 Å². The van der Waals surface area contributed by atoms with Gasteiger partial charge >= 0.3 is 0 Å². The zero-order valence-electron chi connectivity index (χ0n) is 15.1. The first-order valence-corrected chi connectivity index (χ1v) is 8.91. The van der Waals surface area contributed by atoms with E-state index in [1.165, 1.54) is 24.8 Å². The highest BCUT2D eigenvalue weighted by molar-refractivity contribution is 5.43. The fraction of sp³-hybridized carbons (Fsp3) is 0.450. The molecule has 1 aliphatic rings. The molecule has 3 rings (SSSR count).